The molecule has 0 aromatic heterocycles. The molecular formula is C9H17NO. The van der Waals surface area contributed by atoms with Gasteiger partial charge in [-0.2, -0.15) is 0 Å². The molecule has 1 atom stereocenters. The van der Waals surface area contributed by atoms with Crippen molar-refractivity contribution in [3.8, 4) is 0 Å². The predicted octanol–water partition coefficient (Wildman–Crippen LogP) is 1.70. The van der Waals surface area contributed by atoms with Crippen LogP contribution in [0.2, 0.25) is 0 Å². The van der Waals surface area contributed by atoms with E-state index < -0.39 is 0 Å². The summed E-state index contributed by atoms with van der Waals surface area (Å²) in [5.41, 5.74) is 0.305. The molecule has 1 fully saturated rings. The quantitative estimate of drug-likeness (QED) is 0.604. The zero-order valence-corrected chi connectivity index (χ0v) is 7.39. The Morgan fingerprint density at radius 3 is 2.73 bits per heavy atom. The molecule has 1 unspecified atom stereocenters. The summed E-state index contributed by atoms with van der Waals surface area (Å²) >= 11 is 0. The molecule has 0 radical (unpaired) electrons. The number of rotatable bonds is 2. The predicted molar refractivity (Wildman–Crippen MR) is 45.2 cm³/mol. The summed E-state index contributed by atoms with van der Waals surface area (Å²) in [6.45, 7) is 4.46. The van der Waals surface area contributed by atoms with E-state index in [-0.39, 0.29) is 0 Å². The maximum absolute atomic E-state index is 10.2. The average molecular weight is 155 g/mol. The molecule has 0 aliphatic heterocycles. The van der Waals surface area contributed by atoms with Gasteiger partial charge in [0.05, 0.1) is 0 Å². The van der Waals surface area contributed by atoms with Crippen molar-refractivity contribution in [3.63, 3.8) is 0 Å². The zero-order valence-electron chi connectivity index (χ0n) is 7.39. The van der Waals surface area contributed by atoms with Crippen LogP contribution in [0.5, 0.6) is 0 Å². The van der Waals surface area contributed by atoms with Crippen molar-refractivity contribution in [2.45, 2.75) is 45.6 Å². The minimum atomic E-state index is 0.305. The summed E-state index contributed by atoms with van der Waals surface area (Å²) in [5.74, 6) is 0. The Labute approximate surface area is 68.4 Å². The highest BCUT2D eigenvalue weighted by Crippen LogP contribution is 2.34. The zero-order chi connectivity index (χ0) is 8.32. The van der Waals surface area contributed by atoms with E-state index in [0.29, 0.717) is 11.5 Å². The lowest BCUT2D eigenvalue weighted by Crippen LogP contribution is -2.43. The van der Waals surface area contributed by atoms with Gasteiger partial charge in [0.1, 0.15) is 0 Å². The van der Waals surface area contributed by atoms with Gasteiger partial charge in [-0.3, -0.25) is 4.79 Å². The summed E-state index contributed by atoms with van der Waals surface area (Å²) in [6.07, 6.45) is 5.78. The van der Waals surface area contributed by atoms with Crippen LogP contribution in [0.4, 0.5) is 0 Å². The normalized spacial score (nSPS) is 29.5. The third-order valence-electron chi connectivity index (χ3n) is 2.78. The Morgan fingerprint density at radius 2 is 2.18 bits per heavy atom. The monoisotopic (exact) mass is 155 g/mol. The number of carbonyl (C=O) groups excluding carboxylic acids is 1. The Hall–Kier alpha value is -0.530. The van der Waals surface area contributed by atoms with Gasteiger partial charge in [-0.25, -0.2) is 0 Å². The largest absolute Gasteiger partial charge is 0.355 e. The summed E-state index contributed by atoms with van der Waals surface area (Å²) in [7, 11) is 0. The minimum Gasteiger partial charge on any atom is -0.355 e. The first-order chi connectivity index (χ1) is 5.17. The Kier molecular flexibility index (Phi) is 2.53. The fourth-order valence-electron chi connectivity index (χ4n) is 1.89. The highest BCUT2D eigenvalue weighted by molar-refractivity contribution is 5.47. The van der Waals surface area contributed by atoms with Crippen molar-refractivity contribution in [3.05, 3.63) is 0 Å². The summed E-state index contributed by atoms with van der Waals surface area (Å²) in [4.78, 5) is 10.2. The fraction of sp³-hybridized carbons (Fsp3) is 0.889. The van der Waals surface area contributed by atoms with Gasteiger partial charge in [0.2, 0.25) is 6.41 Å². The molecule has 1 rings (SSSR count). The van der Waals surface area contributed by atoms with E-state index in [2.05, 4.69) is 19.2 Å². The molecular weight excluding hydrogens is 138 g/mol. The molecule has 0 spiro atoms. The van der Waals surface area contributed by atoms with Crippen molar-refractivity contribution in [1.82, 2.24) is 5.32 Å². The molecule has 64 valence electrons. The lowest BCUT2D eigenvalue weighted by atomic mass is 9.73. The van der Waals surface area contributed by atoms with Gasteiger partial charge in [0.15, 0.2) is 0 Å². The van der Waals surface area contributed by atoms with E-state index in [1.165, 1.54) is 19.3 Å². The molecule has 1 amide bonds. The van der Waals surface area contributed by atoms with E-state index in [4.69, 9.17) is 0 Å². The number of carbonyl (C=O) groups is 1. The minimum absolute atomic E-state index is 0.305. The van der Waals surface area contributed by atoms with Crippen LogP contribution in [-0.4, -0.2) is 12.5 Å². The Morgan fingerprint density at radius 1 is 1.45 bits per heavy atom. The molecule has 2 heteroatoms. The second-order valence-electron chi connectivity index (χ2n) is 4.07. The molecule has 1 aliphatic carbocycles. The van der Waals surface area contributed by atoms with Crippen molar-refractivity contribution in [1.29, 1.82) is 0 Å². The van der Waals surface area contributed by atoms with E-state index in [1.807, 2.05) is 0 Å². The highest BCUT2D eigenvalue weighted by Gasteiger charge is 2.31. The van der Waals surface area contributed by atoms with Crippen molar-refractivity contribution in [2.75, 3.05) is 0 Å². The first-order valence-corrected chi connectivity index (χ1v) is 4.36. The molecule has 0 heterocycles. The smallest absolute Gasteiger partial charge is 0.207 e. The van der Waals surface area contributed by atoms with E-state index in [0.717, 1.165) is 12.8 Å². The van der Waals surface area contributed by atoms with E-state index in [1.54, 1.807) is 0 Å². The molecule has 1 saturated carbocycles. The SMILES string of the molecule is CC1(C)CCCCC1NC=O. The number of nitrogens with one attached hydrogen (secondary N) is 1. The maximum atomic E-state index is 10.2. The Bertz CT molecular complexity index is 142. The third kappa shape index (κ3) is 1.95. The second-order valence-corrected chi connectivity index (χ2v) is 4.07. The summed E-state index contributed by atoms with van der Waals surface area (Å²) < 4.78 is 0. The van der Waals surface area contributed by atoms with E-state index in [9.17, 15) is 4.79 Å². The molecule has 1 N–H and O–H groups in total. The van der Waals surface area contributed by atoms with Crippen LogP contribution in [0, 0.1) is 5.41 Å². The lowest BCUT2D eigenvalue weighted by molar-refractivity contribution is -0.111. The maximum Gasteiger partial charge on any atom is 0.207 e. The number of hydrogen-bond donors (Lipinski definition) is 1. The van der Waals surface area contributed by atoms with Crippen LogP contribution in [0.3, 0.4) is 0 Å². The lowest BCUT2D eigenvalue weighted by Gasteiger charge is -2.38. The topological polar surface area (TPSA) is 29.1 Å². The molecule has 2 nitrogen and oxygen atoms in total. The number of amides is 1. The van der Waals surface area contributed by atoms with Gasteiger partial charge >= 0.3 is 0 Å². The van der Waals surface area contributed by atoms with Gasteiger partial charge in [-0.1, -0.05) is 26.7 Å². The first kappa shape index (κ1) is 8.57. The molecule has 11 heavy (non-hydrogen) atoms. The van der Waals surface area contributed by atoms with Crippen molar-refractivity contribution < 1.29 is 4.79 Å². The van der Waals surface area contributed by atoms with Gasteiger partial charge in [-0.15, -0.1) is 0 Å². The molecule has 0 bridgehead atoms. The van der Waals surface area contributed by atoms with Crippen LogP contribution in [0.25, 0.3) is 0 Å². The van der Waals surface area contributed by atoms with Crippen LogP contribution in [0.1, 0.15) is 39.5 Å². The van der Waals surface area contributed by atoms with Gasteiger partial charge in [0, 0.05) is 6.04 Å². The van der Waals surface area contributed by atoms with E-state index >= 15 is 0 Å². The molecule has 0 aromatic rings. The Balaban J connectivity index is 2.52. The average Bonchev–Trinajstić information content (AvgIpc) is 1.94. The molecule has 0 saturated heterocycles. The van der Waals surface area contributed by atoms with Crippen LogP contribution in [-0.2, 0) is 4.79 Å². The fourth-order valence-corrected chi connectivity index (χ4v) is 1.89. The van der Waals surface area contributed by atoms with Crippen LogP contribution >= 0.6 is 0 Å². The van der Waals surface area contributed by atoms with Gasteiger partial charge in [-0.05, 0) is 18.3 Å². The van der Waals surface area contributed by atoms with Crippen LogP contribution in [0.15, 0.2) is 0 Å². The summed E-state index contributed by atoms with van der Waals surface area (Å²) in [5, 5.41) is 2.89. The van der Waals surface area contributed by atoms with Gasteiger partial charge in [0.25, 0.3) is 0 Å². The molecule has 1 aliphatic rings. The third-order valence-corrected chi connectivity index (χ3v) is 2.78. The first-order valence-electron chi connectivity index (χ1n) is 4.36. The molecule has 0 aromatic carbocycles. The highest BCUT2D eigenvalue weighted by atomic mass is 16.1. The second kappa shape index (κ2) is 3.24. The van der Waals surface area contributed by atoms with Crippen molar-refractivity contribution >= 4 is 6.41 Å². The van der Waals surface area contributed by atoms with Gasteiger partial charge < -0.3 is 5.32 Å². The van der Waals surface area contributed by atoms with Crippen LogP contribution < -0.4 is 5.32 Å². The summed E-state index contributed by atoms with van der Waals surface area (Å²) in [6, 6.07) is 0.397. The number of hydrogen-bond acceptors (Lipinski definition) is 1. The van der Waals surface area contributed by atoms with Crippen molar-refractivity contribution in [2.24, 2.45) is 5.41 Å². The standard InChI is InChI=1S/C9H17NO/c1-9(2)6-4-3-5-8(9)10-7-11/h7-8H,3-6H2,1-2H3,(H,10,11).